The lowest BCUT2D eigenvalue weighted by molar-refractivity contribution is -0.148. The van der Waals surface area contributed by atoms with Crippen LogP contribution in [0, 0.1) is 5.92 Å². The van der Waals surface area contributed by atoms with E-state index in [0.29, 0.717) is 0 Å². The van der Waals surface area contributed by atoms with Crippen LogP contribution in [0.25, 0.3) is 0 Å². The quantitative estimate of drug-likeness (QED) is 0.771. The molecule has 0 amide bonds. The minimum Gasteiger partial charge on any atom is -0.456 e. The Morgan fingerprint density at radius 3 is 2.80 bits per heavy atom. The van der Waals surface area contributed by atoms with Gasteiger partial charge in [0.05, 0.1) is 0 Å². The summed E-state index contributed by atoms with van der Waals surface area (Å²) in [4.78, 5) is 13.8. The third-order valence-corrected chi connectivity index (χ3v) is 4.08. The van der Waals surface area contributed by atoms with Gasteiger partial charge in [0, 0.05) is 20.0 Å². The van der Waals surface area contributed by atoms with Crippen LogP contribution >= 0.6 is 0 Å². The Labute approximate surface area is 121 Å². The summed E-state index contributed by atoms with van der Waals surface area (Å²) >= 11 is 0. The summed E-state index contributed by atoms with van der Waals surface area (Å²) in [6, 6.07) is 10.1. The number of carbonyl (C=O) groups is 1. The third-order valence-electron chi connectivity index (χ3n) is 4.08. The van der Waals surface area contributed by atoms with Crippen LogP contribution in [0.1, 0.15) is 44.8 Å². The molecule has 0 saturated carbocycles. The zero-order chi connectivity index (χ0) is 14.4. The molecule has 0 bridgehead atoms. The van der Waals surface area contributed by atoms with Crippen molar-refractivity contribution in [2.45, 2.75) is 39.2 Å². The molecule has 0 aliphatic carbocycles. The summed E-state index contributed by atoms with van der Waals surface area (Å²) in [7, 11) is 0. The molecule has 1 heterocycles. The number of benzene rings is 1. The number of likely N-dealkylation sites (tertiary alicyclic amines) is 1. The average molecular weight is 275 g/mol. The van der Waals surface area contributed by atoms with Crippen LogP contribution in [0.4, 0.5) is 0 Å². The van der Waals surface area contributed by atoms with E-state index in [4.69, 9.17) is 4.74 Å². The van der Waals surface area contributed by atoms with Crippen molar-refractivity contribution in [1.29, 1.82) is 0 Å². The molecule has 1 saturated heterocycles. The van der Waals surface area contributed by atoms with E-state index in [2.05, 4.69) is 11.8 Å². The highest BCUT2D eigenvalue weighted by atomic mass is 16.5. The topological polar surface area (TPSA) is 29.5 Å². The number of rotatable bonds is 5. The van der Waals surface area contributed by atoms with Crippen LogP contribution in [0.3, 0.4) is 0 Å². The molecule has 0 radical (unpaired) electrons. The molecule has 20 heavy (non-hydrogen) atoms. The van der Waals surface area contributed by atoms with Crippen LogP contribution in [0.5, 0.6) is 0 Å². The standard InChI is InChI=1S/C17H25NO2/c1-3-15-8-7-11-18(12-15)13-17(20-14(2)19)16-9-5-4-6-10-16/h4-6,9-10,15,17H,3,7-8,11-13H2,1-2H3/t15-,17+/m0/s1. The number of ether oxygens (including phenoxy) is 1. The second-order valence-corrected chi connectivity index (χ2v) is 5.68. The fourth-order valence-electron chi connectivity index (χ4n) is 2.96. The molecular formula is C17H25NO2. The van der Waals surface area contributed by atoms with Gasteiger partial charge in [-0.25, -0.2) is 0 Å². The summed E-state index contributed by atoms with van der Waals surface area (Å²) in [6.45, 7) is 6.79. The van der Waals surface area contributed by atoms with Crippen LogP contribution < -0.4 is 0 Å². The molecule has 1 aliphatic heterocycles. The molecule has 0 unspecified atom stereocenters. The van der Waals surface area contributed by atoms with Crippen molar-refractivity contribution >= 4 is 5.97 Å². The van der Waals surface area contributed by atoms with Gasteiger partial charge in [0.2, 0.25) is 0 Å². The molecule has 0 spiro atoms. The predicted molar refractivity (Wildman–Crippen MR) is 80.4 cm³/mol. The first kappa shape index (κ1) is 15.0. The Bertz CT molecular complexity index is 418. The van der Waals surface area contributed by atoms with E-state index in [1.807, 2.05) is 30.3 Å². The Morgan fingerprint density at radius 1 is 1.40 bits per heavy atom. The van der Waals surface area contributed by atoms with Gasteiger partial charge in [-0.3, -0.25) is 9.69 Å². The van der Waals surface area contributed by atoms with Gasteiger partial charge in [-0.2, -0.15) is 0 Å². The lowest BCUT2D eigenvalue weighted by Crippen LogP contribution is -2.38. The molecule has 0 aromatic heterocycles. The maximum Gasteiger partial charge on any atom is 0.303 e. The van der Waals surface area contributed by atoms with Gasteiger partial charge in [-0.05, 0) is 30.9 Å². The Hall–Kier alpha value is -1.35. The van der Waals surface area contributed by atoms with Crippen molar-refractivity contribution in [3.63, 3.8) is 0 Å². The number of hydrogen-bond donors (Lipinski definition) is 0. The third kappa shape index (κ3) is 4.34. The summed E-state index contributed by atoms with van der Waals surface area (Å²) in [5.41, 5.74) is 1.08. The molecule has 2 rings (SSSR count). The molecule has 2 atom stereocenters. The Balaban J connectivity index is 2.02. The summed E-state index contributed by atoms with van der Waals surface area (Å²) in [6.07, 6.45) is 3.67. The van der Waals surface area contributed by atoms with E-state index in [1.165, 1.54) is 26.2 Å². The van der Waals surface area contributed by atoms with Gasteiger partial charge in [-0.15, -0.1) is 0 Å². The number of esters is 1. The first-order valence-electron chi connectivity index (χ1n) is 7.63. The van der Waals surface area contributed by atoms with E-state index in [1.54, 1.807) is 0 Å². The number of carbonyl (C=O) groups excluding carboxylic acids is 1. The van der Waals surface area contributed by atoms with Crippen LogP contribution in [-0.4, -0.2) is 30.5 Å². The van der Waals surface area contributed by atoms with Gasteiger partial charge >= 0.3 is 5.97 Å². The molecular weight excluding hydrogens is 250 g/mol. The summed E-state index contributed by atoms with van der Waals surface area (Å²) in [5, 5.41) is 0. The highest BCUT2D eigenvalue weighted by Crippen LogP contribution is 2.24. The van der Waals surface area contributed by atoms with Crippen molar-refractivity contribution in [2.24, 2.45) is 5.92 Å². The van der Waals surface area contributed by atoms with Crippen molar-refractivity contribution < 1.29 is 9.53 Å². The van der Waals surface area contributed by atoms with Crippen LogP contribution in [0.2, 0.25) is 0 Å². The molecule has 110 valence electrons. The Morgan fingerprint density at radius 2 is 2.15 bits per heavy atom. The van der Waals surface area contributed by atoms with Crippen LogP contribution in [-0.2, 0) is 9.53 Å². The van der Waals surface area contributed by atoms with Gasteiger partial charge in [0.25, 0.3) is 0 Å². The zero-order valence-corrected chi connectivity index (χ0v) is 12.5. The molecule has 3 heteroatoms. The Kier molecular flexibility index (Phi) is 5.60. The van der Waals surface area contributed by atoms with E-state index < -0.39 is 0 Å². The SMILES string of the molecule is CC[C@H]1CCCN(C[C@@H](OC(C)=O)c2ccccc2)C1. The molecule has 1 fully saturated rings. The fraction of sp³-hybridized carbons (Fsp3) is 0.588. The largest absolute Gasteiger partial charge is 0.456 e. The zero-order valence-electron chi connectivity index (χ0n) is 12.5. The normalized spacial score (nSPS) is 21.4. The van der Waals surface area contributed by atoms with E-state index >= 15 is 0 Å². The molecule has 1 aromatic carbocycles. The maximum atomic E-state index is 11.3. The highest BCUT2D eigenvalue weighted by Gasteiger charge is 2.23. The highest BCUT2D eigenvalue weighted by molar-refractivity contribution is 5.66. The number of nitrogens with zero attached hydrogens (tertiary/aromatic N) is 1. The second kappa shape index (κ2) is 7.44. The van der Waals surface area contributed by atoms with E-state index in [-0.39, 0.29) is 12.1 Å². The van der Waals surface area contributed by atoms with Crippen molar-refractivity contribution in [2.75, 3.05) is 19.6 Å². The molecule has 3 nitrogen and oxygen atoms in total. The monoisotopic (exact) mass is 275 g/mol. The molecule has 1 aliphatic rings. The predicted octanol–water partition coefficient (Wildman–Crippen LogP) is 3.41. The van der Waals surface area contributed by atoms with Crippen molar-refractivity contribution in [1.82, 2.24) is 4.90 Å². The summed E-state index contributed by atoms with van der Waals surface area (Å²) in [5.74, 6) is 0.584. The minimum atomic E-state index is -0.206. The van der Waals surface area contributed by atoms with Gasteiger partial charge in [-0.1, -0.05) is 43.7 Å². The first-order chi connectivity index (χ1) is 9.69. The van der Waals surface area contributed by atoms with E-state index in [0.717, 1.165) is 31.1 Å². The van der Waals surface area contributed by atoms with Crippen LogP contribution in [0.15, 0.2) is 30.3 Å². The van der Waals surface area contributed by atoms with E-state index in [9.17, 15) is 4.79 Å². The van der Waals surface area contributed by atoms with Gasteiger partial charge < -0.3 is 4.74 Å². The number of hydrogen-bond acceptors (Lipinski definition) is 3. The summed E-state index contributed by atoms with van der Waals surface area (Å²) < 4.78 is 5.53. The lowest BCUT2D eigenvalue weighted by atomic mass is 9.95. The second-order valence-electron chi connectivity index (χ2n) is 5.68. The molecule has 1 aromatic rings. The molecule has 0 N–H and O–H groups in total. The van der Waals surface area contributed by atoms with Gasteiger partial charge in [0.15, 0.2) is 0 Å². The lowest BCUT2D eigenvalue weighted by Gasteiger charge is -2.34. The maximum absolute atomic E-state index is 11.3. The minimum absolute atomic E-state index is 0.149. The number of piperidine rings is 1. The average Bonchev–Trinajstić information content (AvgIpc) is 2.47. The first-order valence-corrected chi connectivity index (χ1v) is 7.63. The van der Waals surface area contributed by atoms with Gasteiger partial charge in [0.1, 0.15) is 6.10 Å². The van der Waals surface area contributed by atoms with Crippen molar-refractivity contribution in [3.8, 4) is 0 Å². The smallest absolute Gasteiger partial charge is 0.303 e. The fourth-order valence-corrected chi connectivity index (χ4v) is 2.96. The van der Waals surface area contributed by atoms with Crippen molar-refractivity contribution in [3.05, 3.63) is 35.9 Å².